The lowest BCUT2D eigenvalue weighted by Gasteiger charge is -2.01. The molecular formula is C21H15N3O5S. The number of nitro benzene ring substituents is 1. The van der Waals surface area contributed by atoms with Crippen LogP contribution >= 0.6 is 11.8 Å². The second-order valence-electron chi connectivity index (χ2n) is 6.19. The van der Waals surface area contributed by atoms with Crippen molar-refractivity contribution in [3.8, 4) is 17.1 Å². The van der Waals surface area contributed by atoms with E-state index in [4.69, 9.17) is 9.15 Å². The number of furan rings is 1. The van der Waals surface area contributed by atoms with Gasteiger partial charge in [-0.2, -0.15) is 0 Å². The number of thioether (sulfide) groups is 1. The summed E-state index contributed by atoms with van der Waals surface area (Å²) >= 11 is 1.01. The molecule has 1 aliphatic heterocycles. The van der Waals surface area contributed by atoms with E-state index < -0.39 is 4.92 Å². The Morgan fingerprint density at radius 2 is 1.97 bits per heavy atom. The van der Waals surface area contributed by atoms with Crippen molar-refractivity contribution in [2.75, 3.05) is 7.11 Å². The maximum absolute atomic E-state index is 11.9. The summed E-state index contributed by atoms with van der Waals surface area (Å²) in [5.74, 6) is 2.12. The molecule has 0 aliphatic carbocycles. The fraction of sp³-hybridized carbons (Fsp3) is 0.0476. The Morgan fingerprint density at radius 3 is 2.70 bits per heavy atom. The lowest BCUT2D eigenvalue weighted by molar-refractivity contribution is -0.384. The largest absolute Gasteiger partial charge is 0.497 e. The van der Waals surface area contributed by atoms with Crippen LogP contribution < -0.4 is 10.1 Å². The third-order valence-corrected chi connectivity index (χ3v) is 5.03. The zero-order chi connectivity index (χ0) is 21.1. The molecule has 8 nitrogen and oxygen atoms in total. The molecule has 0 atom stereocenters. The van der Waals surface area contributed by atoms with Crippen LogP contribution in [0, 0.1) is 10.1 Å². The van der Waals surface area contributed by atoms with Gasteiger partial charge in [0.2, 0.25) is 0 Å². The van der Waals surface area contributed by atoms with Crippen LogP contribution in [-0.2, 0) is 0 Å². The number of nitrogens with zero attached hydrogens (tertiary/aromatic N) is 2. The third kappa shape index (κ3) is 4.26. The maximum Gasteiger partial charge on any atom is 0.289 e. The van der Waals surface area contributed by atoms with E-state index in [9.17, 15) is 14.9 Å². The lowest BCUT2D eigenvalue weighted by atomic mass is 10.1. The van der Waals surface area contributed by atoms with E-state index in [1.54, 1.807) is 61.7 Å². The predicted octanol–water partition coefficient (Wildman–Crippen LogP) is 5.39. The Hall–Kier alpha value is -3.85. The highest BCUT2D eigenvalue weighted by Crippen LogP contribution is 2.31. The van der Waals surface area contributed by atoms with Gasteiger partial charge in [-0.05, 0) is 54.2 Å². The van der Waals surface area contributed by atoms with Crippen molar-refractivity contribution in [2.24, 2.45) is 4.99 Å². The number of nitrogens with one attached hydrogen (secondary N) is 1. The van der Waals surface area contributed by atoms with Crippen molar-refractivity contribution in [1.82, 2.24) is 5.32 Å². The van der Waals surface area contributed by atoms with Crippen LogP contribution in [0.2, 0.25) is 0 Å². The van der Waals surface area contributed by atoms with E-state index in [2.05, 4.69) is 10.3 Å². The van der Waals surface area contributed by atoms with Gasteiger partial charge in [0.05, 0.1) is 22.6 Å². The summed E-state index contributed by atoms with van der Waals surface area (Å²) < 4.78 is 10.9. The molecule has 0 radical (unpaired) electrons. The number of amides is 1. The van der Waals surface area contributed by atoms with E-state index in [0.29, 0.717) is 39.3 Å². The van der Waals surface area contributed by atoms with Crippen molar-refractivity contribution in [2.45, 2.75) is 0 Å². The van der Waals surface area contributed by atoms with E-state index in [1.807, 2.05) is 0 Å². The number of methoxy groups -OCH3 is 1. The highest BCUT2D eigenvalue weighted by molar-refractivity contribution is 8.18. The fourth-order valence-corrected chi connectivity index (χ4v) is 3.50. The standard InChI is InChI=1S/C21H15N3O5S/c1-28-16-7-5-14(6-8-16)22-20-19(30-21(25)23-20)12-17-9-10-18(29-17)13-3-2-4-15(11-13)24(26)27/h2-12H,1H3,(H,22,23,25)/b19-12-. The number of ether oxygens (including phenoxy) is 1. The van der Waals surface area contributed by atoms with Crippen molar-refractivity contribution < 1.29 is 18.9 Å². The number of hydrogen-bond acceptors (Lipinski definition) is 7. The van der Waals surface area contributed by atoms with Crippen molar-refractivity contribution in [3.63, 3.8) is 0 Å². The number of amidine groups is 1. The quantitative estimate of drug-likeness (QED) is 0.437. The maximum atomic E-state index is 11.9. The Morgan fingerprint density at radius 1 is 1.17 bits per heavy atom. The average molecular weight is 421 g/mol. The van der Waals surface area contributed by atoms with Crippen LogP contribution in [0.3, 0.4) is 0 Å². The number of nitro groups is 1. The van der Waals surface area contributed by atoms with Crippen molar-refractivity contribution in [3.05, 3.63) is 81.4 Å². The van der Waals surface area contributed by atoms with Crippen molar-refractivity contribution >= 4 is 40.3 Å². The molecule has 3 aromatic rings. The van der Waals surface area contributed by atoms with Gasteiger partial charge in [-0.25, -0.2) is 4.99 Å². The first-order valence-corrected chi connectivity index (χ1v) is 9.62. The molecule has 30 heavy (non-hydrogen) atoms. The Kier molecular flexibility index (Phi) is 5.36. The lowest BCUT2D eigenvalue weighted by Crippen LogP contribution is -2.18. The predicted molar refractivity (Wildman–Crippen MR) is 115 cm³/mol. The average Bonchev–Trinajstić information content (AvgIpc) is 3.35. The van der Waals surface area contributed by atoms with Crippen LogP contribution in [0.4, 0.5) is 16.2 Å². The molecule has 1 saturated heterocycles. The zero-order valence-corrected chi connectivity index (χ0v) is 16.5. The van der Waals surface area contributed by atoms with E-state index in [1.165, 1.54) is 12.1 Å². The molecule has 4 rings (SSSR count). The number of carbonyl (C=O) groups is 1. The molecule has 1 aliphatic rings. The molecule has 2 aromatic carbocycles. The molecule has 1 amide bonds. The Labute approximate surface area is 175 Å². The highest BCUT2D eigenvalue weighted by Gasteiger charge is 2.24. The molecule has 0 saturated carbocycles. The van der Waals surface area contributed by atoms with Crippen LogP contribution in [0.15, 0.2) is 75.0 Å². The first-order valence-electron chi connectivity index (χ1n) is 8.80. The van der Waals surface area contributed by atoms with Gasteiger partial charge in [0.15, 0.2) is 0 Å². The van der Waals surface area contributed by atoms with Crippen LogP contribution in [0.25, 0.3) is 17.4 Å². The smallest absolute Gasteiger partial charge is 0.289 e. The first kappa shape index (κ1) is 19.5. The molecule has 0 unspecified atom stereocenters. The SMILES string of the molecule is COc1ccc(N=C2NC(=O)S/C2=C\c2ccc(-c3cccc([N+](=O)[O-])c3)o2)cc1. The van der Waals surface area contributed by atoms with E-state index in [-0.39, 0.29) is 10.9 Å². The second kappa shape index (κ2) is 8.26. The number of rotatable bonds is 5. The summed E-state index contributed by atoms with van der Waals surface area (Å²) in [6, 6.07) is 16.8. The molecule has 9 heteroatoms. The summed E-state index contributed by atoms with van der Waals surface area (Å²) in [7, 11) is 1.58. The monoisotopic (exact) mass is 421 g/mol. The minimum absolute atomic E-state index is 0.0149. The van der Waals surface area contributed by atoms with Gasteiger partial charge in [0, 0.05) is 17.7 Å². The Balaban J connectivity index is 1.61. The van der Waals surface area contributed by atoms with Gasteiger partial charge < -0.3 is 14.5 Å². The van der Waals surface area contributed by atoms with Gasteiger partial charge in [0.1, 0.15) is 23.1 Å². The Bertz CT molecular complexity index is 1180. The third-order valence-electron chi connectivity index (χ3n) is 4.21. The number of benzene rings is 2. The minimum atomic E-state index is -0.455. The first-order chi connectivity index (χ1) is 14.5. The molecule has 0 spiro atoms. The highest BCUT2D eigenvalue weighted by atomic mass is 32.2. The topological polar surface area (TPSA) is 107 Å². The van der Waals surface area contributed by atoms with Crippen LogP contribution in [0.5, 0.6) is 5.75 Å². The van der Waals surface area contributed by atoms with Gasteiger partial charge in [-0.15, -0.1) is 0 Å². The van der Waals surface area contributed by atoms with E-state index in [0.717, 1.165) is 11.8 Å². The number of aliphatic imine (C=N–C) groups is 1. The second-order valence-corrected chi connectivity index (χ2v) is 7.21. The molecule has 1 fully saturated rings. The summed E-state index contributed by atoms with van der Waals surface area (Å²) in [6.45, 7) is 0. The minimum Gasteiger partial charge on any atom is -0.497 e. The van der Waals surface area contributed by atoms with Gasteiger partial charge >= 0.3 is 0 Å². The molecule has 2 heterocycles. The van der Waals surface area contributed by atoms with Crippen LogP contribution in [0.1, 0.15) is 5.76 Å². The van der Waals surface area contributed by atoms with Gasteiger partial charge in [-0.1, -0.05) is 12.1 Å². The fourth-order valence-electron chi connectivity index (χ4n) is 2.79. The van der Waals surface area contributed by atoms with Crippen molar-refractivity contribution in [1.29, 1.82) is 0 Å². The van der Waals surface area contributed by atoms with Crippen LogP contribution in [-0.4, -0.2) is 23.1 Å². The number of carbonyl (C=O) groups excluding carboxylic acids is 1. The summed E-state index contributed by atoms with van der Waals surface area (Å²) in [5.41, 5.74) is 1.24. The summed E-state index contributed by atoms with van der Waals surface area (Å²) in [4.78, 5) is 27.5. The molecule has 0 bridgehead atoms. The van der Waals surface area contributed by atoms with E-state index >= 15 is 0 Å². The zero-order valence-electron chi connectivity index (χ0n) is 15.7. The van der Waals surface area contributed by atoms with Gasteiger partial charge in [0.25, 0.3) is 10.9 Å². The number of non-ortho nitro benzene ring substituents is 1. The molecular weight excluding hydrogens is 406 g/mol. The normalized spacial score (nSPS) is 16.1. The summed E-state index contributed by atoms with van der Waals surface area (Å²) in [5, 5.41) is 13.5. The van der Waals surface area contributed by atoms with Gasteiger partial charge in [-0.3, -0.25) is 14.9 Å². The molecule has 1 N–H and O–H groups in total. The number of hydrogen-bond donors (Lipinski definition) is 1. The summed E-state index contributed by atoms with van der Waals surface area (Å²) in [6.07, 6.45) is 1.70. The molecule has 1 aromatic heterocycles. The molecule has 150 valence electrons.